The Kier molecular flexibility index (Phi) is 4.10. The van der Waals surface area contributed by atoms with Crippen molar-refractivity contribution < 1.29 is 13.9 Å². The van der Waals surface area contributed by atoms with Crippen molar-refractivity contribution in [2.24, 2.45) is 0 Å². The van der Waals surface area contributed by atoms with Crippen molar-refractivity contribution in [2.45, 2.75) is 6.92 Å². The highest BCUT2D eigenvalue weighted by Gasteiger charge is 2.17. The zero-order valence-electron chi connectivity index (χ0n) is 12.6. The van der Waals surface area contributed by atoms with E-state index >= 15 is 0 Å². The summed E-state index contributed by atoms with van der Waals surface area (Å²) in [7, 11) is 1.64. The number of nitrogens with zero attached hydrogens (tertiary/aromatic N) is 1. The number of rotatable bonds is 5. The summed E-state index contributed by atoms with van der Waals surface area (Å²) in [6, 6.07) is 17.4. The lowest BCUT2D eigenvalue weighted by molar-refractivity contribution is 0.262. The average molecular weight is 295 g/mol. The van der Waals surface area contributed by atoms with Gasteiger partial charge >= 0.3 is 5.95 Å². The molecule has 0 aliphatic rings. The number of oxazole rings is 1. The second-order valence-electron chi connectivity index (χ2n) is 4.68. The van der Waals surface area contributed by atoms with E-state index in [0.717, 1.165) is 16.9 Å². The smallest absolute Gasteiger partial charge is 0.313 e. The molecule has 3 rings (SSSR count). The van der Waals surface area contributed by atoms with Crippen LogP contribution in [0.3, 0.4) is 0 Å². The van der Waals surface area contributed by atoms with Gasteiger partial charge in [0.05, 0.1) is 13.7 Å². The van der Waals surface area contributed by atoms with Crippen LogP contribution in [0.1, 0.15) is 6.92 Å². The summed E-state index contributed by atoms with van der Waals surface area (Å²) in [5.41, 5.74) is 2.54. The molecule has 4 nitrogen and oxygen atoms in total. The average Bonchev–Trinajstić information content (AvgIpc) is 3.00. The minimum absolute atomic E-state index is 0.437. The Morgan fingerprint density at radius 2 is 1.68 bits per heavy atom. The lowest BCUT2D eigenvalue weighted by atomic mass is 10.1. The third kappa shape index (κ3) is 2.81. The fourth-order valence-corrected chi connectivity index (χ4v) is 2.17. The van der Waals surface area contributed by atoms with E-state index in [-0.39, 0.29) is 0 Å². The molecule has 0 saturated heterocycles. The van der Waals surface area contributed by atoms with E-state index in [1.54, 1.807) is 7.11 Å². The van der Waals surface area contributed by atoms with E-state index in [1.807, 2.05) is 61.5 Å². The summed E-state index contributed by atoms with van der Waals surface area (Å²) in [4.78, 5) is 4.59. The van der Waals surface area contributed by atoms with Gasteiger partial charge in [0, 0.05) is 11.1 Å². The molecule has 2 aromatic carbocycles. The zero-order valence-corrected chi connectivity index (χ0v) is 12.6. The Bertz CT molecular complexity index is 733. The summed E-state index contributed by atoms with van der Waals surface area (Å²) in [5, 5.41) is 0. The second kappa shape index (κ2) is 6.35. The Labute approximate surface area is 129 Å². The molecule has 0 bridgehead atoms. The number of benzene rings is 2. The predicted octanol–water partition coefficient (Wildman–Crippen LogP) is 4.42. The van der Waals surface area contributed by atoms with Crippen molar-refractivity contribution >= 4 is 0 Å². The van der Waals surface area contributed by atoms with Crippen LogP contribution in [0.4, 0.5) is 0 Å². The summed E-state index contributed by atoms with van der Waals surface area (Å²) in [6.45, 7) is 2.44. The zero-order chi connectivity index (χ0) is 15.4. The van der Waals surface area contributed by atoms with Crippen molar-refractivity contribution in [3.05, 3.63) is 54.6 Å². The third-order valence-electron chi connectivity index (χ3n) is 3.26. The van der Waals surface area contributed by atoms with Crippen LogP contribution in [-0.4, -0.2) is 18.7 Å². The van der Waals surface area contributed by atoms with Crippen LogP contribution in [-0.2, 0) is 0 Å². The minimum atomic E-state index is 0.437. The van der Waals surface area contributed by atoms with Gasteiger partial charge in [0.2, 0.25) is 5.89 Å². The molecule has 0 amide bonds. The lowest BCUT2D eigenvalue weighted by Crippen LogP contribution is -1.92. The van der Waals surface area contributed by atoms with Gasteiger partial charge in [0.25, 0.3) is 0 Å². The molecule has 0 aliphatic heterocycles. The largest absolute Gasteiger partial charge is 0.497 e. The first kappa shape index (κ1) is 14.2. The van der Waals surface area contributed by atoms with Gasteiger partial charge in [-0.25, -0.2) is 4.98 Å². The Morgan fingerprint density at radius 3 is 2.32 bits per heavy atom. The molecular formula is C18H17NO3. The van der Waals surface area contributed by atoms with Crippen molar-refractivity contribution in [2.75, 3.05) is 13.7 Å². The highest BCUT2D eigenvalue weighted by Crippen LogP contribution is 2.35. The van der Waals surface area contributed by atoms with Gasteiger partial charge in [-0.05, 0) is 43.3 Å². The van der Waals surface area contributed by atoms with Crippen molar-refractivity contribution in [1.82, 2.24) is 4.98 Å². The van der Waals surface area contributed by atoms with E-state index in [9.17, 15) is 0 Å². The predicted molar refractivity (Wildman–Crippen MR) is 85.1 cm³/mol. The summed E-state index contributed by atoms with van der Waals surface area (Å²) in [5.74, 6) is 1.79. The standard InChI is InChI=1S/C18H17NO3/c1-3-21-18-16(13-9-11-15(20-2)12-10-13)19-17(22-18)14-7-5-4-6-8-14/h4-12H,3H2,1-2H3. The molecule has 0 atom stereocenters. The van der Waals surface area contributed by atoms with Gasteiger partial charge in [0.15, 0.2) is 5.69 Å². The van der Waals surface area contributed by atoms with Gasteiger partial charge in [-0.1, -0.05) is 18.2 Å². The highest BCUT2D eigenvalue weighted by molar-refractivity contribution is 5.68. The molecule has 1 heterocycles. The number of hydrogen-bond acceptors (Lipinski definition) is 4. The lowest BCUT2D eigenvalue weighted by Gasteiger charge is -2.03. The second-order valence-corrected chi connectivity index (χ2v) is 4.68. The van der Waals surface area contributed by atoms with E-state index in [4.69, 9.17) is 13.9 Å². The number of ether oxygens (including phenoxy) is 2. The quantitative estimate of drug-likeness (QED) is 0.699. The third-order valence-corrected chi connectivity index (χ3v) is 3.26. The minimum Gasteiger partial charge on any atom is -0.497 e. The molecule has 0 fully saturated rings. The van der Waals surface area contributed by atoms with Crippen molar-refractivity contribution in [1.29, 1.82) is 0 Å². The highest BCUT2D eigenvalue weighted by atomic mass is 16.6. The van der Waals surface area contributed by atoms with Crippen LogP contribution in [0, 0.1) is 0 Å². The maximum Gasteiger partial charge on any atom is 0.313 e. The molecule has 0 radical (unpaired) electrons. The number of methoxy groups -OCH3 is 1. The van der Waals surface area contributed by atoms with E-state index in [0.29, 0.717) is 24.1 Å². The summed E-state index contributed by atoms with van der Waals surface area (Å²) < 4.78 is 16.6. The SMILES string of the molecule is CCOc1oc(-c2ccccc2)nc1-c1ccc(OC)cc1. The molecular weight excluding hydrogens is 278 g/mol. The van der Waals surface area contributed by atoms with Crippen molar-refractivity contribution in [3.8, 4) is 34.4 Å². The number of aromatic nitrogens is 1. The van der Waals surface area contributed by atoms with Crippen LogP contribution in [0.25, 0.3) is 22.7 Å². The first-order chi connectivity index (χ1) is 10.8. The van der Waals surface area contributed by atoms with Gasteiger partial charge in [-0.2, -0.15) is 0 Å². The van der Waals surface area contributed by atoms with E-state index < -0.39 is 0 Å². The van der Waals surface area contributed by atoms with E-state index in [1.165, 1.54) is 0 Å². The van der Waals surface area contributed by atoms with Crippen LogP contribution in [0.5, 0.6) is 11.7 Å². The van der Waals surface area contributed by atoms with Crippen molar-refractivity contribution in [3.63, 3.8) is 0 Å². The molecule has 0 aliphatic carbocycles. The van der Waals surface area contributed by atoms with Crippen LogP contribution >= 0.6 is 0 Å². The molecule has 112 valence electrons. The molecule has 3 aromatic rings. The molecule has 0 unspecified atom stereocenters. The Balaban J connectivity index is 2.03. The topological polar surface area (TPSA) is 44.5 Å². The summed E-state index contributed by atoms with van der Waals surface area (Å²) >= 11 is 0. The maximum atomic E-state index is 5.79. The summed E-state index contributed by atoms with van der Waals surface area (Å²) in [6.07, 6.45) is 0. The first-order valence-corrected chi connectivity index (χ1v) is 7.15. The van der Waals surface area contributed by atoms with Gasteiger partial charge in [-0.15, -0.1) is 0 Å². The molecule has 22 heavy (non-hydrogen) atoms. The molecule has 0 spiro atoms. The monoisotopic (exact) mass is 295 g/mol. The first-order valence-electron chi connectivity index (χ1n) is 7.15. The number of hydrogen-bond donors (Lipinski definition) is 0. The molecule has 0 saturated carbocycles. The molecule has 1 aromatic heterocycles. The Morgan fingerprint density at radius 1 is 0.955 bits per heavy atom. The normalized spacial score (nSPS) is 10.5. The van der Waals surface area contributed by atoms with Crippen LogP contribution in [0.2, 0.25) is 0 Å². The molecule has 4 heteroatoms. The Hall–Kier alpha value is -2.75. The van der Waals surface area contributed by atoms with Gasteiger partial charge in [-0.3, -0.25) is 0 Å². The van der Waals surface area contributed by atoms with Gasteiger partial charge in [0.1, 0.15) is 5.75 Å². The fraction of sp³-hybridized carbons (Fsp3) is 0.167. The van der Waals surface area contributed by atoms with Crippen LogP contribution in [0.15, 0.2) is 59.0 Å². The molecule has 0 N–H and O–H groups in total. The van der Waals surface area contributed by atoms with E-state index in [2.05, 4.69) is 4.98 Å². The van der Waals surface area contributed by atoms with Crippen LogP contribution < -0.4 is 9.47 Å². The fourth-order valence-electron chi connectivity index (χ4n) is 2.17. The maximum absolute atomic E-state index is 5.79. The van der Waals surface area contributed by atoms with Gasteiger partial charge < -0.3 is 13.9 Å².